The Bertz CT molecular complexity index is 36.0. The third kappa shape index (κ3) is 12.7. The Balaban J connectivity index is 0. The third-order valence-corrected chi connectivity index (χ3v) is 1.70. The van der Waals surface area contributed by atoms with E-state index in [9.17, 15) is 0 Å². The summed E-state index contributed by atoms with van der Waals surface area (Å²) in [6, 6.07) is 0. The molecule has 0 amide bonds. The van der Waals surface area contributed by atoms with Crippen LogP contribution in [0.25, 0.3) is 0 Å². The molecule has 0 aromatic carbocycles. The molecule has 0 spiro atoms. The van der Waals surface area contributed by atoms with Gasteiger partial charge in [-0.2, -0.15) is 25.3 Å². The van der Waals surface area contributed by atoms with Gasteiger partial charge in [0.25, 0.3) is 0 Å². The Morgan fingerprint density at radius 1 is 0.667 bits per heavy atom. The van der Waals surface area contributed by atoms with Crippen molar-refractivity contribution in [2.75, 3.05) is 11.5 Å². The van der Waals surface area contributed by atoms with Crippen LogP contribution in [0, 0.1) is 0 Å². The van der Waals surface area contributed by atoms with E-state index in [0.717, 1.165) is 11.5 Å². The van der Waals surface area contributed by atoms with E-state index >= 15 is 0 Å². The van der Waals surface area contributed by atoms with Crippen LogP contribution >= 0.6 is 25.3 Å². The van der Waals surface area contributed by atoms with Gasteiger partial charge in [-0.25, -0.2) is 0 Å². The first-order valence-electron chi connectivity index (χ1n) is 3.13. The maximum absolute atomic E-state index is 4.10. The maximum atomic E-state index is 4.10. The van der Waals surface area contributed by atoms with Crippen LogP contribution in [-0.4, -0.2) is 38.8 Å². The molecule has 0 aliphatic rings. The van der Waals surface area contributed by atoms with Crippen LogP contribution < -0.4 is 0 Å². The van der Waals surface area contributed by atoms with Gasteiger partial charge in [0, 0.05) is 27.3 Å². The van der Waals surface area contributed by atoms with Crippen molar-refractivity contribution in [3.8, 4) is 0 Å². The molecule has 0 aromatic heterocycles. The fourth-order valence-corrected chi connectivity index (χ4v) is 1.02. The zero-order chi connectivity index (χ0) is 6.24. The van der Waals surface area contributed by atoms with E-state index in [1.165, 1.54) is 25.7 Å². The van der Waals surface area contributed by atoms with Crippen LogP contribution in [0.5, 0.6) is 0 Å². The molecule has 0 aromatic rings. The fraction of sp³-hybridized carbons (Fsp3) is 1.00. The second kappa shape index (κ2) is 12.3. The molecule has 0 bridgehead atoms. The minimum atomic E-state index is 0. The Morgan fingerprint density at radius 3 is 1.22 bits per heavy atom. The predicted octanol–water partition coefficient (Wildman–Crippen LogP) is 2.03. The third-order valence-electron chi connectivity index (χ3n) is 1.07. The van der Waals surface area contributed by atoms with E-state index in [1.54, 1.807) is 0 Å². The van der Waals surface area contributed by atoms with Gasteiger partial charge in [-0.1, -0.05) is 12.8 Å². The molecular formula is C6H14PbS2. The Labute approximate surface area is 89.2 Å². The van der Waals surface area contributed by atoms with Crippen molar-refractivity contribution in [2.45, 2.75) is 25.7 Å². The van der Waals surface area contributed by atoms with Gasteiger partial charge in [0.15, 0.2) is 0 Å². The van der Waals surface area contributed by atoms with Gasteiger partial charge in [0.05, 0.1) is 0 Å². The van der Waals surface area contributed by atoms with Crippen LogP contribution in [0.4, 0.5) is 0 Å². The van der Waals surface area contributed by atoms with Crippen LogP contribution in [0.15, 0.2) is 0 Å². The predicted molar refractivity (Wildman–Crippen MR) is 51.9 cm³/mol. The van der Waals surface area contributed by atoms with Crippen molar-refractivity contribution in [1.82, 2.24) is 0 Å². The van der Waals surface area contributed by atoms with E-state index < -0.39 is 0 Å². The molecule has 9 heavy (non-hydrogen) atoms. The first-order valence-corrected chi connectivity index (χ1v) is 4.40. The maximum Gasteiger partial charge on any atom is 0 e. The summed E-state index contributed by atoms with van der Waals surface area (Å²) in [4.78, 5) is 0. The molecular weight excluding hydrogens is 343 g/mol. The van der Waals surface area contributed by atoms with Gasteiger partial charge < -0.3 is 0 Å². The molecule has 4 radical (unpaired) electrons. The van der Waals surface area contributed by atoms with E-state index in [1.807, 2.05) is 0 Å². The van der Waals surface area contributed by atoms with E-state index in [0.29, 0.717) is 0 Å². The second-order valence-corrected chi connectivity index (χ2v) is 2.76. The van der Waals surface area contributed by atoms with Gasteiger partial charge in [-0.15, -0.1) is 0 Å². The number of hydrogen-bond donors (Lipinski definition) is 2. The molecule has 0 saturated carbocycles. The average molecular weight is 358 g/mol. The first kappa shape index (κ1) is 13.2. The minimum absolute atomic E-state index is 0. The molecule has 0 nitrogen and oxygen atoms in total. The van der Waals surface area contributed by atoms with Crippen molar-refractivity contribution >= 4 is 52.6 Å². The van der Waals surface area contributed by atoms with Crippen LogP contribution in [0.2, 0.25) is 0 Å². The summed E-state index contributed by atoms with van der Waals surface area (Å²) in [7, 11) is 0. The molecule has 0 aliphatic heterocycles. The minimum Gasteiger partial charge on any atom is -0.179 e. The molecule has 3 heteroatoms. The zero-order valence-electron chi connectivity index (χ0n) is 5.64. The number of hydrogen-bond acceptors (Lipinski definition) is 2. The Hall–Kier alpha value is 1.62. The van der Waals surface area contributed by atoms with Crippen molar-refractivity contribution < 1.29 is 0 Å². The average Bonchev–Trinajstić information content (AvgIpc) is 1.81. The Morgan fingerprint density at radius 2 is 1.00 bits per heavy atom. The molecule has 0 atom stereocenters. The van der Waals surface area contributed by atoms with Crippen molar-refractivity contribution in [3.63, 3.8) is 0 Å². The topological polar surface area (TPSA) is 0 Å². The molecule has 0 fully saturated rings. The second-order valence-electron chi connectivity index (χ2n) is 1.86. The van der Waals surface area contributed by atoms with Gasteiger partial charge in [0.2, 0.25) is 0 Å². The molecule has 0 unspecified atom stereocenters. The molecule has 0 heterocycles. The molecule has 0 saturated heterocycles. The first-order chi connectivity index (χ1) is 3.91. The van der Waals surface area contributed by atoms with E-state index in [2.05, 4.69) is 25.3 Å². The van der Waals surface area contributed by atoms with Gasteiger partial charge in [0.1, 0.15) is 0 Å². The molecule has 0 N–H and O–H groups in total. The molecule has 0 aliphatic carbocycles. The van der Waals surface area contributed by atoms with Crippen molar-refractivity contribution in [1.29, 1.82) is 0 Å². The largest absolute Gasteiger partial charge is 0.179 e. The molecule has 0 rings (SSSR count). The quantitative estimate of drug-likeness (QED) is 0.420. The number of thiol groups is 2. The van der Waals surface area contributed by atoms with Gasteiger partial charge >= 0.3 is 0 Å². The van der Waals surface area contributed by atoms with Gasteiger partial charge in [-0.3, -0.25) is 0 Å². The zero-order valence-corrected chi connectivity index (χ0v) is 11.3. The monoisotopic (exact) mass is 358 g/mol. The summed E-state index contributed by atoms with van der Waals surface area (Å²) in [6.07, 6.45) is 5.17. The van der Waals surface area contributed by atoms with Crippen molar-refractivity contribution in [2.24, 2.45) is 0 Å². The standard InChI is InChI=1S/C6H14S2.Pb/c7-5-3-1-2-4-6-8;/h7-8H,1-6H2;. The summed E-state index contributed by atoms with van der Waals surface area (Å²) in [5, 5.41) is 0. The van der Waals surface area contributed by atoms with Crippen LogP contribution in [0.3, 0.4) is 0 Å². The summed E-state index contributed by atoms with van der Waals surface area (Å²) in [6.45, 7) is 0. The summed E-state index contributed by atoms with van der Waals surface area (Å²) >= 11 is 8.21. The van der Waals surface area contributed by atoms with E-state index in [-0.39, 0.29) is 27.3 Å². The van der Waals surface area contributed by atoms with Gasteiger partial charge in [-0.05, 0) is 24.3 Å². The van der Waals surface area contributed by atoms with Crippen molar-refractivity contribution in [3.05, 3.63) is 0 Å². The normalized spacial score (nSPS) is 8.67. The SMILES string of the molecule is SCCCCCCS.[Pb]. The van der Waals surface area contributed by atoms with E-state index in [4.69, 9.17) is 0 Å². The Kier molecular flexibility index (Phi) is 18.1. The number of unbranched alkanes of at least 4 members (excludes halogenated alkanes) is 3. The molecule has 54 valence electrons. The van der Waals surface area contributed by atoms with Crippen LogP contribution in [0.1, 0.15) is 25.7 Å². The summed E-state index contributed by atoms with van der Waals surface area (Å²) in [5.41, 5.74) is 0. The smallest absolute Gasteiger partial charge is 0 e. The number of rotatable bonds is 5. The fourth-order valence-electron chi connectivity index (χ4n) is 0.577. The summed E-state index contributed by atoms with van der Waals surface area (Å²) < 4.78 is 0. The van der Waals surface area contributed by atoms with Crippen LogP contribution in [-0.2, 0) is 0 Å². The summed E-state index contributed by atoms with van der Waals surface area (Å²) in [5.74, 6) is 2.07.